The zero-order valence-electron chi connectivity index (χ0n) is 12.1. The molecule has 1 aromatic rings. The van der Waals surface area contributed by atoms with Gasteiger partial charge in [0.05, 0.1) is 6.61 Å². The Morgan fingerprint density at radius 2 is 1.79 bits per heavy atom. The summed E-state index contributed by atoms with van der Waals surface area (Å²) in [5.74, 6) is 0.922. The highest BCUT2D eigenvalue weighted by Crippen LogP contribution is 2.13. The van der Waals surface area contributed by atoms with Crippen LogP contribution in [0.1, 0.15) is 32.8 Å². The monoisotopic (exact) mass is 261 g/mol. The van der Waals surface area contributed by atoms with E-state index in [9.17, 15) is 4.79 Å². The summed E-state index contributed by atoms with van der Waals surface area (Å²) in [4.78, 5) is 13.6. The van der Waals surface area contributed by atoms with Crippen LogP contribution < -0.4 is 4.74 Å². The number of amides is 1. The molecule has 0 radical (unpaired) electrons. The van der Waals surface area contributed by atoms with Crippen molar-refractivity contribution < 1.29 is 9.53 Å². The molecule has 19 heavy (non-hydrogen) atoms. The van der Waals surface area contributed by atoms with Crippen LogP contribution in [0, 0.1) is 0 Å². The van der Waals surface area contributed by atoms with Gasteiger partial charge >= 0.3 is 0 Å². The van der Waals surface area contributed by atoms with Crippen molar-refractivity contribution in [1.29, 1.82) is 0 Å². The average molecular weight is 261 g/mol. The van der Waals surface area contributed by atoms with Gasteiger partial charge in [0.2, 0.25) is 5.91 Å². The fraction of sp³-hybridized carbons (Fsp3) is 0.438. The smallest absolute Gasteiger partial charge is 0.246 e. The van der Waals surface area contributed by atoms with Crippen LogP contribution in [0.3, 0.4) is 0 Å². The summed E-state index contributed by atoms with van der Waals surface area (Å²) in [6, 6.07) is 7.77. The maximum absolute atomic E-state index is 11.8. The number of hydrogen-bond acceptors (Lipinski definition) is 2. The van der Waals surface area contributed by atoms with Gasteiger partial charge in [0.25, 0.3) is 0 Å². The zero-order chi connectivity index (χ0) is 14.1. The molecule has 0 unspecified atom stereocenters. The number of ether oxygens (including phenoxy) is 1. The Kier molecular flexibility index (Phi) is 6.72. The quantitative estimate of drug-likeness (QED) is 0.704. The minimum Gasteiger partial charge on any atom is -0.494 e. The van der Waals surface area contributed by atoms with Gasteiger partial charge in [-0.3, -0.25) is 4.79 Å². The van der Waals surface area contributed by atoms with Gasteiger partial charge in [-0.1, -0.05) is 19.1 Å². The Bertz CT molecular complexity index is 405. The van der Waals surface area contributed by atoms with Crippen LogP contribution in [-0.4, -0.2) is 30.5 Å². The van der Waals surface area contributed by atoms with E-state index < -0.39 is 0 Å². The van der Waals surface area contributed by atoms with Crippen LogP contribution in [0.5, 0.6) is 5.75 Å². The summed E-state index contributed by atoms with van der Waals surface area (Å²) in [6.45, 7) is 8.25. The molecule has 1 aromatic carbocycles. The Morgan fingerprint density at radius 1 is 1.16 bits per heavy atom. The first-order valence-electron chi connectivity index (χ1n) is 6.91. The molecule has 0 heterocycles. The largest absolute Gasteiger partial charge is 0.494 e. The van der Waals surface area contributed by atoms with E-state index in [1.54, 1.807) is 11.0 Å². The standard InChI is InChI=1S/C16H23NO2/c1-4-13-19-15-10-7-14(8-11-15)9-12-16(18)17(5-2)6-3/h7-12H,4-6,13H2,1-3H3/b12-9+. The van der Waals surface area contributed by atoms with E-state index in [2.05, 4.69) is 6.92 Å². The SMILES string of the molecule is CCCOc1ccc(/C=C/C(=O)N(CC)CC)cc1. The number of hydrogen-bond donors (Lipinski definition) is 0. The molecule has 0 spiro atoms. The fourth-order valence-electron chi connectivity index (χ4n) is 1.70. The van der Waals surface area contributed by atoms with E-state index in [0.29, 0.717) is 0 Å². The van der Waals surface area contributed by atoms with Crippen molar-refractivity contribution in [3.63, 3.8) is 0 Å². The minimum absolute atomic E-state index is 0.0521. The van der Waals surface area contributed by atoms with E-state index in [-0.39, 0.29) is 5.91 Å². The van der Waals surface area contributed by atoms with Crippen molar-refractivity contribution in [1.82, 2.24) is 4.90 Å². The molecule has 0 aromatic heterocycles. The van der Waals surface area contributed by atoms with Crippen molar-refractivity contribution in [3.05, 3.63) is 35.9 Å². The van der Waals surface area contributed by atoms with Gasteiger partial charge in [-0.2, -0.15) is 0 Å². The molecule has 0 saturated heterocycles. The van der Waals surface area contributed by atoms with Crippen molar-refractivity contribution in [2.24, 2.45) is 0 Å². The number of likely N-dealkylation sites (N-methyl/N-ethyl adjacent to an activating group) is 1. The van der Waals surface area contributed by atoms with Gasteiger partial charge in [-0.25, -0.2) is 0 Å². The first-order valence-corrected chi connectivity index (χ1v) is 6.91. The molecular formula is C16H23NO2. The molecule has 0 aliphatic heterocycles. The van der Waals surface area contributed by atoms with Gasteiger partial charge in [-0.15, -0.1) is 0 Å². The van der Waals surface area contributed by atoms with E-state index in [0.717, 1.165) is 37.4 Å². The van der Waals surface area contributed by atoms with Gasteiger partial charge in [0, 0.05) is 19.2 Å². The maximum atomic E-state index is 11.8. The van der Waals surface area contributed by atoms with Gasteiger partial charge in [0.1, 0.15) is 5.75 Å². The maximum Gasteiger partial charge on any atom is 0.246 e. The molecule has 3 heteroatoms. The number of rotatable bonds is 7. The van der Waals surface area contributed by atoms with Gasteiger partial charge in [0.15, 0.2) is 0 Å². The molecule has 0 aliphatic rings. The normalized spacial score (nSPS) is 10.7. The molecule has 104 valence electrons. The molecular weight excluding hydrogens is 238 g/mol. The lowest BCUT2D eigenvalue weighted by molar-refractivity contribution is -0.125. The highest BCUT2D eigenvalue weighted by atomic mass is 16.5. The second kappa shape index (κ2) is 8.35. The zero-order valence-corrected chi connectivity index (χ0v) is 12.1. The van der Waals surface area contributed by atoms with Crippen LogP contribution in [-0.2, 0) is 4.79 Å². The summed E-state index contributed by atoms with van der Waals surface area (Å²) in [6.07, 6.45) is 4.46. The lowest BCUT2D eigenvalue weighted by Gasteiger charge is -2.15. The number of carbonyl (C=O) groups is 1. The Balaban J connectivity index is 2.59. The van der Waals surface area contributed by atoms with Crippen molar-refractivity contribution in [2.75, 3.05) is 19.7 Å². The predicted molar refractivity (Wildman–Crippen MR) is 79.2 cm³/mol. The summed E-state index contributed by atoms with van der Waals surface area (Å²) in [7, 11) is 0. The van der Waals surface area contributed by atoms with E-state index >= 15 is 0 Å². The van der Waals surface area contributed by atoms with E-state index in [1.165, 1.54) is 0 Å². The van der Waals surface area contributed by atoms with Crippen LogP contribution in [0.15, 0.2) is 30.3 Å². The number of carbonyl (C=O) groups excluding carboxylic acids is 1. The lowest BCUT2D eigenvalue weighted by Crippen LogP contribution is -2.28. The summed E-state index contributed by atoms with van der Waals surface area (Å²) in [5.41, 5.74) is 1.00. The van der Waals surface area contributed by atoms with Crippen molar-refractivity contribution in [3.8, 4) is 5.75 Å². The van der Waals surface area contributed by atoms with Gasteiger partial charge < -0.3 is 9.64 Å². The number of benzene rings is 1. The number of nitrogens with zero attached hydrogens (tertiary/aromatic N) is 1. The molecule has 0 saturated carbocycles. The fourth-order valence-corrected chi connectivity index (χ4v) is 1.70. The van der Waals surface area contributed by atoms with Crippen LogP contribution in [0.2, 0.25) is 0 Å². The second-order valence-electron chi connectivity index (χ2n) is 4.26. The molecule has 3 nitrogen and oxygen atoms in total. The third kappa shape index (κ3) is 5.16. The molecule has 0 fully saturated rings. The highest BCUT2D eigenvalue weighted by Gasteiger charge is 2.04. The van der Waals surface area contributed by atoms with Crippen molar-refractivity contribution >= 4 is 12.0 Å². The Morgan fingerprint density at radius 3 is 2.32 bits per heavy atom. The molecule has 1 rings (SSSR count). The minimum atomic E-state index is 0.0521. The second-order valence-corrected chi connectivity index (χ2v) is 4.26. The summed E-state index contributed by atoms with van der Waals surface area (Å²) in [5, 5.41) is 0. The molecule has 0 bridgehead atoms. The first-order chi connectivity index (χ1) is 9.21. The van der Waals surface area contributed by atoms with Crippen LogP contribution in [0.25, 0.3) is 6.08 Å². The van der Waals surface area contributed by atoms with E-state index in [1.807, 2.05) is 44.2 Å². The first kappa shape index (κ1) is 15.3. The van der Waals surface area contributed by atoms with E-state index in [4.69, 9.17) is 4.74 Å². The third-order valence-corrected chi connectivity index (χ3v) is 2.85. The predicted octanol–water partition coefficient (Wildman–Crippen LogP) is 3.36. The Hall–Kier alpha value is -1.77. The van der Waals surface area contributed by atoms with Crippen LogP contribution in [0.4, 0.5) is 0 Å². The molecule has 0 atom stereocenters. The third-order valence-electron chi connectivity index (χ3n) is 2.85. The topological polar surface area (TPSA) is 29.5 Å². The Labute approximate surface area is 115 Å². The molecule has 0 N–H and O–H groups in total. The lowest BCUT2D eigenvalue weighted by atomic mass is 10.2. The highest BCUT2D eigenvalue weighted by molar-refractivity contribution is 5.91. The van der Waals surface area contributed by atoms with Gasteiger partial charge in [-0.05, 0) is 44.0 Å². The molecule has 1 amide bonds. The van der Waals surface area contributed by atoms with Crippen LogP contribution >= 0.6 is 0 Å². The van der Waals surface area contributed by atoms with Crippen molar-refractivity contribution in [2.45, 2.75) is 27.2 Å². The summed E-state index contributed by atoms with van der Waals surface area (Å²) < 4.78 is 5.51. The average Bonchev–Trinajstić information content (AvgIpc) is 2.45. The molecule has 0 aliphatic carbocycles. The summed E-state index contributed by atoms with van der Waals surface area (Å²) >= 11 is 0.